The van der Waals surface area contributed by atoms with Crippen LogP contribution in [0.2, 0.25) is 0 Å². The Morgan fingerprint density at radius 2 is 1.97 bits per heavy atom. The summed E-state index contributed by atoms with van der Waals surface area (Å²) in [7, 11) is 3.18. The van der Waals surface area contributed by atoms with Crippen molar-refractivity contribution in [2.45, 2.75) is 32.0 Å². The molecule has 1 aromatic carbocycles. The predicted molar refractivity (Wildman–Crippen MR) is 114 cm³/mol. The zero-order valence-corrected chi connectivity index (χ0v) is 17.7. The number of pyridine rings is 1. The summed E-state index contributed by atoms with van der Waals surface area (Å²) in [5.74, 6) is 1.96. The van der Waals surface area contributed by atoms with Crippen LogP contribution in [0.1, 0.15) is 24.0 Å². The number of fused-ring (bicyclic) bond motifs is 1. The number of carboxylic acid groups (broad SMARTS) is 1. The van der Waals surface area contributed by atoms with Gasteiger partial charge in [-0.3, -0.25) is 4.90 Å². The van der Waals surface area contributed by atoms with E-state index < -0.39 is 6.09 Å². The number of carbonyl (C=O) groups excluding carboxylic acids is 1. The first-order valence-corrected chi connectivity index (χ1v) is 10.2. The van der Waals surface area contributed by atoms with Crippen molar-refractivity contribution in [3.63, 3.8) is 0 Å². The Hall–Kier alpha value is -3.49. The molecule has 1 fully saturated rings. The number of ether oxygens (including phenoxy) is 2. The summed E-state index contributed by atoms with van der Waals surface area (Å²) in [5.41, 5.74) is 1.81. The summed E-state index contributed by atoms with van der Waals surface area (Å²) < 4.78 is 10.8. The van der Waals surface area contributed by atoms with Crippen LogP contribution in [0.15, 0.2) is 36.5 Å². The zero-order chi connectivity index (χ0) is 22.0. The number of aromatic nitrogens is 1. The first kappa shape index (κ1) is 20.8. The number of likely N-dealkylation sites (tertiary alicyclic amines) is 1. The largest absolute Gasteiger partial charge is 0.497 e. The molecule has 0 radical (unpaired) electrons. The molecule has 1 aromatic heterocycles. The fourth-order valence-corrected chi connectivity index (χ4v) is 4.24. The molecule has 4 rings (SSSR count). The monoisotopic (exact) mass is 426 g/mol. The van der Waals surface area contributed by atoms with Crippen molar-refractivity contribution < 1.29 is 24.2 Å². The van der Waals surface area contributed by atoms with Crippen LogP contribution < -0.4 is 14.4 Å². The number of methoxy groups -OCH3 is 2. The summed E-state index contributed by atoms with van der Waals surface area (Å²) in [6.45, 7) is 1.63. The van der Waals surface area contributed by atoms with Crippen molar-refractivity contribution in [3.8, 4) is 11.5 Å². The summed E-state index contributed by atoms with van der Waals surface area (Å²) in [5, 5.41) is 9.22. The number of anilines is 1. The molecule has 164 valence electrons. The molecule has 0 unspecified atom stereocenters. The molecule has 9 heteroatoms. The van der Waals surface area contributed by atoms with Gasteiger partial charge in [-0.05, 0) is 31.0 Å². The molecule has 0 spiro atoms. The molecule has 0 atom stereocenters. The Labute approximate surface area is 180 Å². The average molecular weight is 426 g/mol. The van der Waals surface area contributed by atoms with Gasteiger partial charge >= 0.3 is 12.1 Å². The Morgan fingerprint density at radius 3 is 2.65 bits per heavy atom. The van der Waals surface area contributed by atoms with Crippen LogP contribution in [-0.2, 0) is 13.1 Å². The van der Waals surface area contributed by atoms with Crippen LogP contribution in [0.5, 0.6) is 11.5 Å². The van der Waals surface area contributed by atoms with Gasteiger partial charge in [-0.15, -0.1) is 0 Å². The minimum absolute atomic E-state index is 0.0169. The molecule has 2 aliphatic rings. The summed E-state index contributed by atoms with van der Waals surface area (Å²) >= 11 is 0. The molecule has 3 heterocycles. The van der Waals surface area contributed by atoms with Gasteiger partial charge in [-0.2, -0.15) is 0 Å². The number of urea groups is 1. The summed E-state index contributed by atoms with van der Waals surface area (Å²) in [6.07, 6.45) is 2.01. The lowest BCUT2D eigenvalue weighted by molar-refractivity contribution is 0.102. The maximum Gasteiger partial charge on any atom is 0.407 e. The molecule has 1 saturated heterocycles. The number of hydrogen-bond donors (Lipinski definition) is 1. The summed E-state index contributed by atoms with van der Waals surface area (Å²) in [6, 6.07) is 9.22. The molecule has 0 bridgehead atoms. The Morgan fingerprint density at radius 1 is 1.19 bits per heavy atom. The lowest BCUT2D eigenvalue weighted by Crippen LogP contribution is -2.54. The minimum Gasteiger partial charge on any atom is -0.497 e. The van der Waals surface area contributed by atoms with E-state index >= 15 is 0 Å². The highest BCUT2D eigenvalue weighted by Gasteiger charge is 2.37. The van der Waals surface area contributed by atoms with E-state index in [0.29, 0.717) is 56.3 Å². The van der Waals surface area contributed by atoms with Gasteiger partial charge in [0.2, 0.25) is 0 Å². The molecule has 2 aliphatic heterocycles. The van der Waals surface area contributed by atoms with Gasteiger partial charge in [0.05, 0.1) is 27.3 Å². The second-order valence-corrected chi connectivity index (χ2v) is 7.66. The molecule has 31 heavy (non-hydrogen) atoms. The van der Waals surface area contributed by atoms with E-state index in [0.717, 1.165) is 11.1 Å². The number of rotatable bonds is 5. The second kappa shape index (κ2) is 8.71. The highest BCUT2D eigenvalue weighted by Crippen LogP contribution is 2.33. The van der Waals surface area contributed by atoms with Crippen LogP contribution in [0.4, 0.5) is 15.4 Å². The van der Waals surface area contributed by atoms with Gasteiger partial charge in [-0.25, -0.2) is 14.6 Å². The van der Waals surface area contributed by atoms with E-state index in [9.17, 15) is 14.7 Å². The third kappa shape index (κ3) is 4.08. The molecular formula is C22H26N4O5. The third-order valence-electron chi connectivity index (χ3n) is 5.94. The van der Waals surface area contributed by atoms with Gasteiger partial charge in [0.1, 0.15) is 17.3 Å². The lowest BCUT2D eigenvalue weighted by Gasteiger charge is -2.43. The molecule has 3 amide bonds. The standard InChI is InChI=1S/C22H26N4O5/c1-30-18-6-5-15(19(12-18)31-2)13-26-20-16(4-3-9-23-20)14-25(21(26)27)17-7-10-24(11-8-17)22(28)29/h3-6,9,12,17H,7-8,10-11,13-14H2,1-2H3,(H,28,29). The van der Waals surface area contributed by atoms with Crippen molar-refractivity contribution in [1.29, 1.82) is 0 Å². The van der Waals surface area contributed by atoms with Crippen LogP contribution in [0.3, 0.4) is 0 Å². The smallest absolute Gasteiger partial charge is 0.407 e. The van der Waals surface area contributed by atoms with Gasteiger partial charge in [0.25, 0.3) is 0 Å². The van der Waals surface area contributed by atoms with Crippen molar-refractivity contribution in [2.75, 3.05) is 32.2 Å². The minimum atomic E-state index is -0.911. The highest BCUT2D eigenvalue weighted by atomic mass is 16.5. The van der Waals surface area contributed by atoms with Crippen molar-refractivity contribution in [1.82, 2.24) is 14.8 Å². The first-order valence-electron chi connectivity index (χ1n) is 10.2. The number of hydrogen-bond acceptors (Lipinski definition) is 5. The number of piperidine rings is 1. The van der Waals surface area contributed by atoms with Crippen LogP contribution in [0, 0.1) is 0 Å². The van der Waals surface area contributed by atoms with Gasteiger partial charge in [-0.1, -0.05) is 6.07 Å². The van der Waals surface area contributed by atoms with Crippen molar-refractivity contribution in [3.05, 3.63) is 47.7 Å². The molecule has 1 N–H and O–H groups in total. The van der Waals surface area contributed by atoms with E-state index in [1.165, 1.54) is 4.90 Å². The van der Waals surface area contributed by atoms with E-state index in [4.69, 9.17) is 9.47 Å². The summed E-state index contributed by atoms with van der Waals surface area (Å²) in [4.78, 5) is 34.2. The Bertz CT molecular complexity index is 974. The predicted octanol–water partition coefficient (Wildman–Crippen LogP) is 3.18. The SMILES string of the molecule is COc1ccc(CN2C(=O)N(C3CCN(C(=O)O)CC3)Cc3cccnc32)c(OC)c1. The van der Waals surface area contributed by atoms with Gasteiger partial charge in [0.15, 0.2) is 0 Å². The first-order chi connectivity index (χ1) is 15.0. The maximum atomic E-state index is 13.5. The topological polar surface area (TPSA) is 95.4 Å². The average Bonchev–Trinajstić information content (AvgIpc) is 2.80. The third-order valence-corrected chi connectivity index (χ3v) is 5.94. The number of carbonyl (C=O) groups is 2. The van der Waals surface area contributed by atoms with Gasteiger partial charge in [0, 0.05) is 42.5 Å². The highest BCUT2D eigenvalue weighted by molar-refractivity contribution is 5.94. The number of amides is 3. The number of nitrogens with zero attached hydrogens (tertiary/aromatic N) is 4. The zero-order valence-electron chi connectivity index (χ0n) is 17.7. The van der Waals surface area contributed by atoms with Crippen LogP contribution >= 0.6 is 0 Å². The van der Waals surface area contributed by atoms with Crippen LogP contribution in [0.25, 0.3) is 0 Å². The van der Waals surface area contributed by atoms with E-state index in [2.05, 4.69) is 4.98 Å². The Kier molecular flexibility index (Phi) is 5.83. The second-order valence-electron chi connectivity index (χ2n) is 7.66. The molecule has 0 aliphatic carbocycles. The van der Waals surface area contributed by atoms with E-state index in [1.54, 1.807) is 31.4 Å². The molecule has 9 nitrogen and oxygen atoms in total. The molecular weight excluding hydrogens is 400 g/mol. The lowest BCUT2D eigenvalue weighted by atomic mass is 10.0. The van der Waals surface area contributed by atoms with E-state index in [1.807, 2.05) is 29.2 Å². The molecule has 0 saturated carbocycles. The fourth-order valence-electron chi connectivity index (χ4n) is 4.24. The van der Waals surface area contributed by atoms with Crippen molar-refractivity contribution >= 4 is 17.9 Å². The normalized spacial score (nSPS) is 16.8. The van der Waals surface area contributed by atoms with Gasteiger partial charge < -0.3 is 24.4 Å². The molecule has 2 aromatic rings. The van der Waals surface area contributed by atoms with Crippen LogP contribution in [-0.4, -0.2) is 65.4 Å². The van der Waals surface area contributed by atoms with E-state index in [-0.39, 0.29) is 12.1 Å². The number of benzene rings is 1. The Balaban J connectivity index is 1.61. The quantitative estimate of drug-likeness (QED) is 0.789. The fraction of sp³-hybridized carbons (Fsp3) is 0.409. The van der Waals surface area contributed by atoms with Crippen molar-refractivity contribution in [2.24, 2.45) is 0 Å². The maximum absolute atomic E-state index is 13.5.